The minimum Gasteiger partial charge on any atom is -0.495 e. The fourth-order valence-corrected chi connectivity index (χ4v) is 5.49. The van der Waals surface area contributed by atoms with Crippen molar-refractivity contribution in [3.05, 3.63) is 57.1 Å². The van der Waals surface area contributed by atoms with Crippen molar-refractivity contribution in [2.24, 2.45) is 0 Å². The van der Waals surface area contributed by atoms with Gasteiger partial charge in [0, 0.05) is 36.3 Å². The molecule has 1 fully saturated rings. The fourth-order valence-electron chi connectivity index (χ4n) is 3.79. The predicted octanol–water partition coefficient (Wildman–Crippen LogP) is 2.61. The van der Waals surface area contributed by atoms with Crippen LogP contribution < -0.4 is 9.47 Å². The standard InChI is InChI=1S/C21H22N2O9S/c1-29-18-5-4-14(10-19(18)33(27,28)22-6-2-3-7-22)21(24)31-12-16-9-17(23(25)26)8-15-11-30-13-32-20(15)16/h4-5,8-10H,2-3,6-7,11-13H2,1H3. The molecule has 2 aliphatic heterocycles. The van der Waals surface area contributed by atoms with E-state index in [4.69, 9.17) is 18.9 Å². The molecule has 2 aromatic rings. The molecule has 2 aliphatic rings. The van der Waals surface area contributed by atoms with Crippen LogP contribution in [0.5, 0.6) is 11.5 Å². The topological polar surface area (TPSA) is 135 Å². The SMILES string of the molecule is COc1ccc(C(=O)OCc2cc([N+](=O)[O-])cc3c2OCOC3)cc1S(=O)(=O)N1CCCC1. The molecule has 176 valence electrons. The monoisotopic (exact) mass is 478 g/mol. The second-order valence-electron chi connectivity index (χ2n) is 7.51. The van der Waals surface area contributed by atoms with E-state index in [0.29, 0.717) is 30.0 Å². The number of carbonyl (C=O) groups is 1. The van der Waals surface area contributed by atoms with Gasteiger partial charge < -0.3 is 18.9 Å². The number of esters is 1. The molecule has 0 atom stereocenters. The smallest absolute Gasteiger partial charge is 0.338 e. The quantitative estimate of drug-likeness (QED) is 0.334. The van der Waals surface area contributed by atoms with Crippen molar-refractivity contribution in [2.45, 2.75) is 31.0 Å². The molecular weight excluding hydrogens is 456 g/mol. The lowest BCUT2D eigenvalue weighted by atomic mass is 10.1. The lowest BCUT2D eigenvalue weighted by Crippen LogP contribution is -2.28. The highest BCUT2D eigenvalue weighted by molar-refractivity contribution is 7.89. The normalized spacial score (nSPS) is 16.0. The zero-order valence-electron chi connectivity index (χ0n) is 17.8. The van der Waals surface area contributed by atoms with Gasteiger partial charge in [-0.1, -0.05) is 0 Å². The first kappa shape index (κ1) is 23.0. The van der Waals surface area contributed by atoms with E-state index >= 15 is 0 Å². The molecule has 0 aliphatic carbocycles. The molecule has 2 aromatic carbocycles. The van der Waals surface area contributed by atoms with Gasteiger partial charge in [-0.15, -0.1) is 0 Å². The van der Waals surface area contributed by atoms with Crippen LogP contribution in [-0.4, -0.2) is 50.6 Å². The largest absolute Gasteiger partial charge is 0.495 e. The molecule has 0 radical (unpaired) electrons. The van der Waals surface area contributed by atoms with E-state index in [0.717, 1.165) is 12.8 Å². The summed E-state index contributed by atoms with van der Waals surface area (Å²) in [7, 11) is -2.49. The fraction of sp³-hybridized carbons (Fsp3) is 0.381. The van der Waals surface area contributed by atoms with Gasteiger partial charge in [-0.3, -0.25) is 10.1 Å². The minimum atomic E-state index is -3.84. The summed E-state index contributed by atoms with van der Waals surface area (Å²) < 4.78 is 48.6. The van der Waals surface area contributed by atoms with Crippen LogP contribution in [0.15, 0.2) is 35.2 Å². The molecule has 0 amide bonds. The van der Waals surface area contributed by atoms with Crippen LogP contribution in [0.1, 0.15) is 34.3 Å². The summed E-state index contributed by atoms with van der Waals surface area (Å²) in [5, 5.41) is 11.2. The van der Waals surface area contributed by atoms with Crippen molar-refractivity contribution in [1.82, 2.24) is 4.31 Å². The number of sulfonamides is 1. The molecule has 0 spiro atoms. The first-order valence-electron chi connectivity index (χ1n) is 10.2. The number of ether oxygens (including phenoxy) is 4. The average molecular weight is 478 g/mol. The molecule has 11 nitrogen and oxygen atoms in total. The van der Waals surface area contributed by atoms with E-state index in [-0.39, 0.29) is 41.9 Å². The molecule has 1 saturated heterocycles. The summed E-state index contributed by atoms with van der Waals surface area (Å²) >= 11 is 0. The van der Waals surface area contributed by atoms with Crippen LogP contribution in [0.2, 0.25) is 0 Å². The number of hydrogen-bond acceptors (Lipinski definition) is 9. The third kappa shape index (κ3) is 4.63. The second-order valence-corrected chi connectivity index (χ2v) is 9.42. The summed E-state index contributed by atoms with van der Waals surface area (Å²) in [5.74, 6) is -0.297. The highest BCUT2D eigenvalue weighted by Crippen LogP contribution is 2.34. The number of non-ortho nitro benzene ring substituents is 1. The molecule has 0 aromatic heterocycles. The average Bonchev–Trinajstić information content (AvgIpc) is 3.37. The van der Waals surface area contributed by atoms with Crippen molar-refractivity contribution in [2.75, 3.05) is 27.0 Å². The molecule has 0 saturated carbocycles. The number of rotatable bonds is 7. The zero-order chi connectivity index (χ0) is 23.6. The Kier molecular flexibility index (Phi) is 6.49. The van der Waals surface area contributed by atoms with Crippen LogP contribution in [0.3, 0.4) is 0 Å². The number of nitrogens with zero attached hydrogens (tertiary/aromatic N) is 2. The summed E-state index contributed by atoms with van der Waals surface area (Å²) in [6, 6.07) is 6.64. The van der Waals surface area contributed by atoms with Gasteiger partial charge in [-0.25, -0.2) is 13.2 Å². The van der Waals surface area contributed by atoms with Gasteiger partial charge in [0.25, 0.3) is 5.69 Å². The second kappa shape index (κ2) is 9.33. The van der Waals surface area contributed by atoms with Gasteiger partial charge in [-0.2, -0.15) is 4.31 Å². The van der Waals surface area contributed by atoms with Crippen LogP contribution in [0, 0.1) is 10.1 Å². The third-order valence-corrected chi connectivity index (χ3v) is 7.34. The van der Waals surface area contributed by atoms with Gasteiger partial charge in [0.05, 0.1) is 24.2 Å². The Morgan fingerprint density at radius 1 is 1.21 bits per heavy atom. The van der Waals surface area contributed by atoms with Crippen molar-refractivity contribution in [3.8, 4) is 11.5 Å². The number of benzene rings is 2. The maximum Gasteiger partial charge on any atom is 0.338 e. The Hall–Kier alpha value is -3.22. The molecule has 2 heterocycles. The Labute approximate surface area is 190 Å². The Morgan fingerprint density at radius 2 is 1.97 bits per heavy atom. The van der Waals surface area contributed by atoms with Crippen LogP contribution in [-0.2, 0) is 32.7 Å². The van der Waals surface area contributed by atoms with Crippen molar-refractivity contribution in [1.29, 1.82) is 0 Å². The van der Waals surface area contributed by atoms with Crippen LogP contribution in [0.25, 0.3) is 0 Å². The first-order chi connectivity index (χ1) is 15.8. The minimum absolute atomic E-state index is 0.0112. The lowest BCUT2D eigenvalue weighted by Gasteiger charge is -2.20. The van der Waals surface area contributed by atoms with E-state index in [1.807, 2.05) is 0 Å². The Bertz CT molecular complexity index is 1190. The van der Waals surface area contributed by atoms with E-state index in [1.54, 1.807) is 0 Å². The van der Waals surface area contributed by atoms with Crippen molar-refractivity contribution >= 4 is 21.7 Å². The number of hydrogen-bond donors (Lipinski definition) is 0. The maximum atomic E-state index is 13.0. The molecule has 33 heavy (non-hydrogen) atoms. The van der Waals surface area contributed by atoms with Gasteiger partial charge in [0.15, 0.2) is 6.79 Å². The van der Waals surface area contributed by atoms with Crippen LogP contribution >= 0.6 is 0 Å². The highest BCUT2D eigenvalue weighted by atomic mass is 32.2. The van der Waals surface area contributed by atoms with E-state index < -0.39 is 20.9 Å². The van der Waals surface area contributed by atoms with Crippen LogP contribution in [0.4, 0.5) is 5.69 Å². The summed E-state index contributed by atoms with van der Waals surface area (Å²) in [6.07, 6.45) is 1.54. The van der Waals surface area contributed by atoms with E-state index in [1.165, 1.54) is 41.7 Å². The number of carbonyl (C=O) groups excluding carboxylic acids is 1. The zero-order valence-corrected chi connectivity index (χ0v) is 18.6. The number of nitro groups is 1. The highest BCUT2D eigenvalue weighted by Gasteiger charge is 2.31. The maximum absolute atomic E-state index is 13.0. The summed E-state index contributed by atoms with van der Waals surface area (Å²) in [4.78, 5) is 23.3. The third-order valence-electron chi connectivity index (χ3n) is 5.42. The number of methoxy groups -OCH3 is 1. The van der Waals surface area contributed by atoms with Crippen molar-refractivity contribution < 1.29 is 37.1 Å². The molecule has 0 N–H and O–H groups in total. The van der Waals surface area contributed by atoms with Gasteiger partial charge >= 0.3 is 5.97 Å². The van der Waals surface area contributed by atoms with E-state index in [2.05, 4.69) is 0 Å². The molecule has 4 rings (SSSR count). The summed E-state index contributed by atoms with van der Waals surface area (Å²) in [6.45, 7) is 0.614. The molecule has 12 heteroatoms. The number of fused-ring (bicyclic) bond motifs is 1. The van der Waals surface area contributed by atoms with Gasteiger partial charge in [-0.05, 0) is 31.0 Å². The molecular formula is C21H22N2O9S. The lowest BCUT2D eigenvalue weighted by molar-refractivity contribution is -0.385. The predicted molar refractivity (Wildman–Crippen MR) is 113 cm³/mol. The molecule has 0 bridgehead atoms. The first-order valence-corrected chi connectivity index (χ1v) is 11.6. The summed E-state index contributed by atoms with van der Waals surface area (Å²) in [5.41, 5.74) is 0.619. The Balaban J connectivity index is 1.59. The molecule has 0 unspecified atom stereocenters. The van der Waals surface area contributed by atoms with Gasteiger partial charge in [0.2, 0.25) is 10.0 Å². The Morgan fingerprint density at radius 3 is 2.67 bits per heavy atom. The van der Waals surface area contributed by atoms with E-state index in [9.17, 15) is 23.3 Å². The van der Waals surface area contributed by atoms with Gasteiger partial charge in [0.1, 0.15) is 23.0 Å². The van der Waals surface area contributed by atoms with Crippen molar-refractivity contribution in [3.63, 3.8) is 0 Å². The number of nitro benzene ring substituents is 1.